The van der Waals surface area contributed by atoms with E-state index < -0.39 is 0 Å². The van der Waals surface area contributed by atoms with E-state index in [4.69, 9.17) is 4.74 Å². The first-order chi connectivity index (χ1) is 11.7. The van der Waals surface area contributed by atoms with Gasteiger partial charge in [0.15, 0.2) is 0 Å². The van der Waals surface area contributed by atoms with E-state index in [0.717, 1.165) is 31.1 Å². The number of benzene rings is 1. The fraction of sp³-hybridized carbons (Fsp3) is 0.474. The largest absolute Gasteiger partial charge is 0.467 e. The lowest BCUT2D eigenvalue weighted by Crippen LogP contribution is -2.28. The van der Waals surface area contributed by atoms with Gasteiger partial charge in [-0.05, 0) is 31.5 Å². The number of nitrogens with zero attached hydrogens (tertiary/aromatic N) is 4. The number of rotatable bonds is 7. The zero-order chi connectivity index (χ0) is 16.8. The van der Waals surface area contributed by atoms with Crippen LogP contribution in [0.4, 0.5) is 0 Å². The molecule has 1 aromatic heterocycles. The van der Waals surface area contributed by atoms with Gasteiger partial charge in [-0.25, -0.2) is 9.97 Å². The Kier molecular flexibility index (Phi) is 5.77. The van der Waals surface area contributed by atoms with Crippen LogP contribution in [0.2, 0.25) is 0 Å². The minimum Gasteiger partial charge on any atom is -0.467 e. The molecule has 1 aliphatic heterocycles. The zero-order valence-corrected chi connectivity index (χ0v) is 14.6. The summed E-state index contributed by atoms with van der Waals surface area (Å²) in [6.45, 7) is 5.42. The summed E-state index contributed by atoms with van der Waals surface area (Å²) in [7, 11) is 3.76. The maximum absolute atomic E-state index is 5.00. The highest BCUT2D eigenvalue weighted by Crippen LogP contribution is 2.20. The molecule has 2 aromatic rings. The number of hydrogen-bond acceptors (Lipinski definition) is 5. The molecule has 0 aliphatic carbocycles. The van der Waals surface area contributed by atoms with E-state index in [1.807, 2.05) is 12.4 Å². The van der Waals surface area contributed by atoms with Gasteiger partial charge in [0.05, 0.1) is 7.11 Å². The molecule has 3 rings (SSSR count). The maximum Gasteiger partial charge on any atom is 0.316 e. The van der Waals surface area contributed by atoms with Gasteiger partial charge in [-0.15, -0.1) is 0 Å². The Hall–Kier alpha value is -1.98. The van der Waals surface area contributed by atoms with Crippen LogP contribution in [0, 0.1) is 5.92 Å². The summed E-state index contributed by atoms with van der Waals surface area (Å²) < 4.78 is 5.00. The first-order valence-corrected chi connectivity index (χ1v) is 8.52. The van der Waals surface area contributed by atoms with Crippen molar-refractivity contribution in [3.8, 4) is 6.01 Å². The second kappa shape index (κ2) is 8.22. The van der Waals surface area contributed by atoms with Crippen molar-refractivity contribution in [2.75, 3.05) is 33.8 Å². The van der Waals surface area contributed by atoms with Crippen LogP contribution in [0.25, 0.3) is 0 Å². The molecule has 1 aliphatic rings. The summed E-state index contributed by atoms with van der Waals surface area (Å²) in [5.74, 6) is 0.734. The second-order valence-corrected chi connectivity index (χ2v) is 6.65. The molecule has 5 nitrogen and oxygen atoms in total. The highest BCUT2D eigenvalue weighted by atomic mass is 16.5. The van der Waals surface area contributed by atoms with Crippen LogP contribution in [0.15, 0.2) is 42.7 Å². The molecular weight excluding hydrogens is 300 g/mol. The van der Waals surface area contributed by atoms with Crippen molar-refractivity contribution in [3.63, 3.8) is 0 Å². The highest BCUT2D eigenvalue weighted by Gasteiger charge is 2.23. The van der Waals surface area contributed by atoms with Crippen molar-refractivity contribution in [1.82, 2.24) is 19.8 Å². The molecule has 1 atom stereocenters. The quantitative estimate of drug-likeness (QED) is 0.782. The summed E-state index contributed by atoms with van der Waals surface area (Å²) in [5.41, 5.74) is 2.53. The summed E-state index contributed by atoms with van der Waals surface area (Å²) in [4.78, 5) is 13.3. The van der Waals surface area contributed by atoms with Crippen molar-refractivity contribution < 1.29 is 4.74 Å². The van der Waals surface area contributed by atoms with E-state index >= 15 is 0 Å². The molecule has 0 amide bonds. The average molecular weight is 326 g/mol. The van der Waals surface area contributed by atoms with E-state index in [1.54, 1.807) is 7.11 Å². The summed E-state index contributed by atoms with van der Waals surface area (Å²) >= 11 is 0. The predicted octanol–water partition coefficient (Wildman–Crippen LogP) is 2.44. The standard InChI is InChI=1S/C19H26N4O/c1-22(13-18-10-20-19(24-2)21-11-18)12-17-8-9-23(15-17)14-16-6-4-3-5-7-16/h3-7,10-11,17H,8-9,12-15H2,1-2H3. The maximum atomic E-state index is 5.00. The lowest BCUT2D eigenvalue weighted by Gasteiger charge is -2.21. The molecule has 0 saturated carbocycles. The normalized spacial score (nSPS) is 18.2. The third kappa shape index (κ3) is 4.76. The van der Waals surface area contributed by atoms with Crippen LogP contribution in [0.5, 0.6) is 6.01 Å². The topological polar surface area (TPSA) is 41.5 Å². The van der Waals surface area contributed by atoms with E-state index in [2.05, 4.69) is 57.1 Å². The molecule has 0 bridgehead atoms. The second-order valence-electron chi connectivity index (χ2n) is 6.65. The molecule has 0 radical (unpaired) electrons. The molecular formula is C19H26N4O. The van der Waals surface area contributed by atoms with E-state index in [-0.39, 0.29) is 0 Å². The van der Waals surface area contributed by atoms with E-state index in [0.29, 0.717) is 6.01 Å². The molecule has 24 heavy (non-hydrogen) atoms. The van der Waals surface area contributed by atoms with Crippen LogP contribution in [-0.4, -0.2) is 53.6 Å². The Morgan fingerprint density at radius 3 is 2.62 bits per heavy atom. The first-order valence-electron chi connectivity index (χ1n) is 8.52. The minimum absolute atomic E-state index is 0.425. The Bertz CT molecular complexity index is 617. The molecule has 1 aromatic carbocycles. The third-order valence-electron chi connectivity index (χ3n) is 4.51. The predicted molar refractivity (Wildman–Crippen MR) is 94.7 cm³/mol. The zero-order valence-electron chi connectivity index (χ0n) is 14.6. The van der Waals surface area contributed by atoms with Crippen LogP contribution in [-0.2, 0) is 13.1 Å². The fourth-order valence-electron chi connectivity index (χ4n) is 3.39. The van der Waals surface area contributed by atoms with Gasteiger partial charge in [0, 0.05) is 44.1 Å². The van der Waals surface area contributed by atoms with E-state index in [1.165, 1.54) is 25.1 Å². The summed E-state index contributed by atoms with van der Waals surface area (Å²) in [6.07, 6.45) is 4.97. The third-order valence-corrected chi connectivity index (χ3v) is 4.51. The van der Waals surface area contributed by atoms with Crippen molar-refractivity contribution in [2.45, 2.75) is 19.5 Å². The molecule has 0 N–H and O–H groups in total. The van der Waals surface area contributed by atoms with Crippen molar-refractivity contribution >= 4 is 0 Å². The number of hydrogen-bond donors (Lipinski definition) is 0. The molecule has 5 heteroatoms. The van der Waals surface area contributed by atoms with Gasteiger partial charge in [-0.2, -0.15) is 0 Å². The molecule has 1 unspecified atom stereocenters. The molecule has 0 spiro atoms. The van der Waals surface area contributed by atoms with Gasteiger partial charge in [0.1, 0.15) is 0 Å². The van der Waals surface area contributed by atoms with Crippen molar-refractivity contribution in [3.05, 3.63) is 53.9 Å². The molecule has 128 valence electrons. The summed E-state index contributed by atoms with van der Waals surface area (Å²) in [5, 5.41) is 0. The molecule has 1 saturated heterocycles. The molecule has 2 heterocycles. The van der Waals surface area contributed by atoms with Gasteiger partial charge in [-0.3, -0.25) is 4.90 Å². The number of likely N-dealkylation sites (tertiary alicyclic amines) is 1. The minimum atomic E-state index is 0.425. The van der Waals surface area contributed by atoms with Crippen LogP contribution in [0.3, 0.4) is 0 Å². The Balaban J connectivity index is 1.44. The monoisotopic (exact) mass is 326 g/mol. The number of methoxy groups -OCH3 is 1. The van der Waals surface area contributed by atoms with Crippen LogP contribution in [0.1, 0.15) is 17.5 Å². The van der Waals surface area contributed by atoms with Gasteiger partial charge in [0.2, 0.25) is 0 Å². The lowest BCUT2D eigenvalue weighted by molar-refractivity contribution is 0.254. The Labute approximate surface area is 144 Å². The Morgan fingerprint density at radius 1 is 1.17 bits per heavy atom. The first kappa shape index (κ1) is 16.9. The SMILES string of the molecule is COc1ncc(CN(C)CC2CCN(Cc3ccccc3)C2)cn1. The van der Waals surface area contributed by atoms with E-state index in [9.17, 15) is 0 Å². The van der Waals surface area contributed by atoms with Gasteiger partial charge < -0.3 is 9.64 Å². The average Bonchev–Trinajstić information content (AvgIpc) is 3.03. The van der Waals surface area contributed by atoms with Crippen molar-refractivity contribution in [1.29, 1.82) is 0 Å². The summed E-state index contributed by atoms with van der Waals surface area (Å²) in [6, 6.07) is 11.2. The smallest absolute Gasteiger partial charge is 0.316 e. The Morgan fingerprint density at radius 2 is 1.92 bits per heavy atom. The van der Waals surface area contributed by atoms with Gasteiger partial charge >= 0.3 is 6.01 Å². The van der Waals surface area contributed by atoms with Crippen LogP contribution >= 0.6 is 0 Å². The van der Waals surface area contributed by atoms with Gasteiger partial charge in [0.25, 0.3) is 0 Å². The number of aromatic nitrogens is 2. The van der Waals surface area contributed by atoms with Crippen molar-refractivity contribution in [2.24, 2.45) is 5.92 Å². The number of ether oxygens (including phenoxy) is 1. The highest BCUT2D eigenvalue weighted by molar-refractivity contribution is 5.14. The van der Waals surface area contributed by atoms with Crippen LogP contribution < -0.4 is 4.74 Å². The molecule has 1 fully saturated rings. The van der Waals surface area contributed by atoms with Gasteiger partial charge in [-0.1, -0.05) is 30.3 Å². The lowest BCUT2D eigenvalue weighted by atomic mass is 10.1. The fourth-order valence-corrected chi connectivity index (χ4v) is 3.39.